The van der Waals surface area contributed by atoms with Gasteiger partial charge in [-0.2, -0.15) is 0 Å². The maximum atomic E-state index is 13.5. The lowest BCUT2D eigenvalue weighted by atomic mass is 9.93. The van der Waals surface area contributed by atoms with Crippen LogP contribution in [0.1, 0.15) is 46.7 Å². The minimum atomic E-state index is -1.10. The summed E-state index contributed by atoms with van der Waals surface area (Å²) in [5.74, 6) is -1.28. The predicted molar refractivity (Wildman–Crippen MR) is 148 cm³/mol. The van der Waals surface area contributed by atoms with Crippen molar-refractivity contribution < 1.29 is 23.9 Å². The number of hydrogen-bond donors (Lipinski definition) is 2. The zero-order valence-electron chi connectivity index (χ0n) is 21.7. The number of carbonyl (C=O) groups is 3. The van der Waals surface area contributed by atoms with Crippen LogP contribution < -0.4 is 11.1 Å². The Balaban J connectivity index is 1.70. The molecule has 2 aliphatic rings. The average molecular weight is 525 g/mol. The average Bonchev–Trinajstić information content (AvgIpc) is 3.57. The standard InChI is InChI=1S/C30H28N4O5/c1-30-19(29(37)38-13-7-12-31)14-22(39-30)33-20-10-5-3-8-16(20)24-25(28(36)32-2)18(15-35)23-17-9-4-6-11-21(17)34(30)27(23)26(24)33/h3-6,8-11,15,19,22H,7,12-14,31H2,1-2H3,(H,32,36). The first-order valence-electron chi connectivity index (χ1n) is 13.2. The number of esters is 1. The molecule has 3 unspecified atom stereocenters. The highest BCUT2D eigenvalue weighted by Gasteiger charge is 2.55. The van der Waals surface area contributed by atoms with E-state index in [0.29, 0.717) is 41.3 Å². The van der Waals surface area contributed by atoms with Gasteiger partial charge in [-0.05, 0) is 32.0 Å². The second-order valence-electron chi connectivity index (χ2n) is 10.4. The van der Waals surface area contributed by atoms with Crippen LogP contribution in [0.15, 0.2) is 48.5 Å². The second-order valence-corrected chi connectivity index (χ2v) is 10.4. The molecule has 3 atom stereocenters. The molecule has 0 radical (unpaired) electrons. The number of carbonyl (C=O) groups excluding carboxylic acids is 3. The van der Waals surface area contributed by atoms with Crippen molar-refractivity contribution in [3.8, 4) is 0 Å². The van der Waals surface area contributed by atoms with E-state index in [4.69, 9.17) is 15.2 Å². The lowest BCUT2D eigenvalue weighted by Crippen LogP contribution is -2.40. The van der Waals surface area contributed by atoms with Gasteiger partial charge in [0.05, 0.1) is 34.2 Å². The van der Waals surface area contributed by atoms with Gasteiger partial charge < -0.3 is 29.7 Å². The van der Waals surface area contributed by atoms with E-state index in [9.17, 15) is 14.4 Å². The molecule has 0 saturated carbocycles. The van der Waals surface area contributed by atoms with E-state index in [1.807, 2.05) is 55.5 Å². The Labute approximate surface area is 223 Å². The SMILES string of the molecule is CNC(=O)c1c(C=O)c2c3ccccc3n3c2c2c1c1ccccc1n2C1CC(C(=O)OCCCN)C3(C)O1. The van der Waals surface area contributed by atoms with Crippen molar-refractivity contribution >= 4 is 61.8 Å². The lowest BCUT2D eigenvalue weighted by Gasteiger charge is -2.32. The highest BCUT2D eigenvalue weighted by atomic mass is 16.6. The molecule has 7 rings (SSSR count). The van der Waals surface area contributed by atoms with E-state index < -0.39 is 17.9 Å². The normalized spacial score (nSPS) is 21.7. The van der Waals surface area contributed by atoms with Crippen LogP contribution in [-0.4, -0.2) is 47.5 Å². The van der Waals surface area contributed by atoms with Gasteiger partial charge in [0.15, 0.2) is 12.0 Å². The van der Waals surface area contributed by atoms with E-state index in [1.54, 1.807) is 7.05 Å². The minimum absolute atomic E-state index is 0.243. The Hall–Kier alpha value is -4.21. The number of fused-ring (bicyclic) bond motifs is 10. The molecular formula is C30H28N4O5. The van der Waals surface area contributed by atoms with Gasteiger partial charge in [0.1, 0.15) is 12.1 Å². The maximum Gasteiger partial charge on any atom is 0.314 e. The highest BCUT2D eigenvalue weighted by Crippen LogP contribution is 2.55. The van der Waals surface area contributed by atoms with Gasteiger partial charge in [-0.15, -0.1) is 0 Å². The van der Waals surface area contributed by atoms with Gasteiger partial charge >= 0.3 is 5.97 Å². The molecule has 3 aromatic carbocycles. The van der Waals surface area contributed by atoms with E-state index in [0.717, 1.165) is 39.1 Å². The maximum absolute atomic E-state index is 13.5. The Bertz CT molecular complexity index is 1870. The molecule has 9 nitrogen and oxygen atoms in total. The number of aldehydes is 1. The number of hydrogen-bond acceptors (Lipinski definition) is 6. The van der Waals surface area contributed by atoms with Crippen LogP contribution in [0.4, 0.5) is 0 Å². The summed E-state index contributed by atoms with van der Waals surface area (Å²) >= 11 is 0. The van der Waals surface area contributed by atoms with Gasteiger partial charge in [-0.1, -0.05) is 36.4 Å². The zero-order chi connectivity index (χ0) is 27.1. The fourth-order valence-corrected chi connectivity index (χ4v) is 6.85. The fraction of sp³-hybridized carbons (Fsp3) is 0.300. The van der Waals surface area contributed by atoms with E-state index in [2.05, 4.69) is 14.5 Å². The van der Waals surface area contributed by atoms with Crippen LogP contribution in [0.3, 0.4) is 0 Å². The van der Waals surface area contributed by atoms with Crippen molar-refractivity contribution in [1.82, 2.24) is 14.5 Å². The number of benzene rings is 3. The third kappa shape index (κ3) is 2.94. The molecule has 0 aliphatic carbocycles. The third-order valence-electron chi connectivity index (χ3n) is 8.44. The lowest BCUT2D eigenvalue weighted by molar-refractivity contribution is -0.164. The number of nitrogens with two attached hydrogens (primary N) is 1. The van der Waals surface area contributed by atoms with Crippen molar-refractivity contribution in [3.05, 3.63) is 59.7 Å². The van der Waals surface area contributed by atoms with Crippen molar-refractivity contribution in [2.75, 3.05) is 20.2 Å². The van der Waals surface area contributed by atoms with Gasteiger partial charge in [0.25, 0.3) is 5.91 Å². The number of amides is 1. The summed E-state index contributed by atoms with van der Waals surface area (Å²) < 4.78 is 16.7. The number of aromatic nitrogens is 2. The summed E-state index contributed by atoms with van der Waals surface area (Å²) in [6, 6.07) is 15.5. The zero-order valence-corrected chi connectivity index (χ0v) is 21.7. The van der Waals surface area contributed by atoms with E-state index in [1.165, 1.54) is 0 Å². The molecule has 2 bridgehead atoms. The molecule has 1 amide bonds. The smallest absolute Gasteiger partial charge is 0.314 e. The first kappa shape index (κ1) is 23.9. The highest BCUT2D eigenvalue weighted by molar-refractivity contribution is 6.33. The van der Waals surface area contributed by atoms with E-state index >= 15 is 0 Å². The quantitative estimate of drug-likeness (QED) is 0.195. The first-order valence-corrected chi connectivity index (χ1v) is 13.2. The molecule has 5 aromatic rings. The van der Waals surface area contributed by atoms with Crippen LogP contribution >= 0.6 is 0 Å². The monoisotopic (exact) mass is 524 g/mol. The summed E-state index contributed by atoms with van der Waals surface area (Å²) in [5.41, 5.74) is 8.44. The Morgan fingerprint density at radius 3 is 2.49 bits per heavy atom. The van der Waals surface area contributed by atoms with Crippen LogP contribution in [0, 0.1) is 5.92 Å². The number of ether oxygens (including phenoxy) is 2. The summed E-state index contributed by atoms with van der Waals surface area (Å²) in [5, 5.41) is 5.77. The fourth-order valence-electron chi connectivity index (χ4n) is 6.85. The first-order chi connectivity index (χ1) is 19.0. The van der Waals surface area contributed by atoms with E-state index in [-0.39, 0.29) is 18.5 Å². The van der Waals surface area contributed by atoms with Gasteiger partial charge in [-0.25, -0.2) is 0 Å². The number of nitrogens with one attached hydrogen (secondary N) is 1. The van der Waals surface area contributed by atoms with Crippen LogP contribution in [0.25, 0.3) is 43.6 Å². The van der Waals surface area contributed by atoms with Gasteiger partial charge in [-0.3, -0.25) is 14.4 Å². The predicted octanol–water partition coefficient (Wildman–Crippen LogP) is 4.19. The van der Waals surface area contributed by atoms with Crippen LogP contribution in [-0.2, 0) is 20.0 Å². The Morgan fingerprint density at radius 2 is 1.79 bits per heavy atom. The number of nitrogens with zero attached hydrogens (tertiary/aromatic N) is 2. The van der Waals surface area contributed by atoms with Crippen molar-refractivity contribution in [2.24, 2.45) is 11.7 Å². The molecule has 4 heterocycles. The Morgan fingerprint density at radius 1 is 1.10 bits per heavy atom. The molecule has 1 saturated heterocycles. The Kier molecular flexibility index (Phi) is 5.14. The second kappa shape index (κ2) is 8.39. The third-order valence-corrected chi connectivity index (χ3v) is 8.44. The molecule has 9 heteroatoms. The molecule has 2 aromatic heterocycles. The molecule has 0 spiro atoms. The van der Waals surface area contributed by atoms with Crippen LogP contribution in [0.5, 0.6) is 0 Å². The van der Waals surface area contributed by atoms with Gasteiger partial charge in [0.2, 0.25) is 0 Å². The topological polar surface area (TPSA) is 118 Å². The summed E-state index contributed by atoms with van der Waals surface area (Å²) in [6.45, 7) is 2.59. The van der Waals surface area contributed by atoms with Gasteiger partial charge in [0, 0.05) is 40.6 Å². The van der Waals surface area contributed by atoms with Crippen LogP contribution in [0.2, 0.25) is 0 Å². The molecule has 39 heavy (non-hydrogen) atoms. The van der Waals surface area contributed by atoms with Crippen molar-refractivity contribution in [1.29, 1.82) is 0 Å². The molecule has 1 fully saturated rings. The number of para-hydroxylation sites is 2. The van der Waals surface area contributed by atoms with Crippen molar-refractivity contribution in [3.63, 3.8) is 0 Å². The minimum Gasteiger partial charge on any atom is -0.465 e. The summed E-state index contributed by atoms with van der Waals surface area (Å²) in [4.78, 5) is 39.8. The largest absolute Gasteiger partial charge is 0.465 e. The number of rotatable bonds is 6. The summed E-state index contributed by atoms with van der Waals surface area (Å²) in [7, 11) is 1.57. The summed E-state index contributed by atoms with van der Waals surface area (Å²) in [6.07, 6.45) is 1.25. The molecule has 3 N–H and O–H groups in total. The van der Waals surface area contributed by atoms with Crippen molar-refractivity contribution in [2.45, 2.75) is 31.7 Å². The molecule has 198 valence electrons. The molecular weight excluding hydrogens is 496 g/mol. The molecule has 2 aliphatic heterocycles.